The van der Waals surface area contributed by atoms with Crippen molar-refractivity contribution in [1.29, 1.82) is 0 Å². The summed E-state index contributed by atoms with van der Waals surface area (Å²) in [5, 5.41) is 8.60. The normalized spacial score (nSPS) is 11.7. The van der Waals surface area contributed by atoms with Crippen LogP contribution in [0, 0.1) is 5.82 Å². The molecule has 0 saturated carbocycles. The Labute approximate surface area is 65.7 Å². The number of phenols is 1. The van der Waals surface area contributed by atoms with E-state index in [2.05, 4.69) is 0 Å². The van der Waals surface area contributed by atoms with Gasteiger partial charge in [0, 0.05) is 0 Å². The first-order valence-corrected chi connectivity index (χ1v) is 3.10. The van der Waals surface area contributed by atoms with Gasteiger partial charge in [-0.2, -0.15) is 0 Å². The lowest BCUT2D eigenvalue weighted by Crippen LogP contribution is -2.36. The molecule has 0 spiro atoms. The number of phenolic OH excluding ortho intramolecular Hbond substituents is 1. The van der Waals surface area contributed by atoms with Gasteiger partial charge in [-0.05, 0) is 6.07 Å². The van der Waals surface area contributed by atoms with Crippen LogP contribution >= 0.6 is 0 Å². The lowest BCUT2D eigenvalue weighted by molar-refractivity contribution is 0.429. The Balaban J connectivity index is 3.26. The lowest BCUT2D eigenvalue weighted by Gasteiger charge is -2.15. The van der Waals surface area contributed by atoms with Gasteiger partial charge in [-0.3, -0.25) is 0 Å². The zero-order valence-electron chi connectivity index (χ0n) is 5.77. The van der Waals surface area contributed by atoms with Crippen LogP contribution in [-0.4, -0.2) is 12.1 Å². The summed E-state index contributed by atoms with van der Waals surface area (Å²) in [5.41, 5.74) is -1.39. The fourth-order valence-corrected chi connectivity index (χ4v) is 0.790. The Morgan fingerprint density at radius 2 is 1.75 bits per heavy atom. The van der Waals surface area contributed by atoms with Crippen LogP contribution in [0.1, 0.15) is 0 Å². The minimum absolute atomic E-state index is 0.592. The van der Waals surface area contributed by atoms with Crippen LogP contribution in [0.4, 0.5) is 17.3 Å². The molecule has 0 atom stereocenters. The molecule has 0 fully saturated rings. The molecule has 0 aromatic heterocycles. The number of rotatable bonds is 1. The zero-order valence-corrected chi connectivity index (χ0v) is 5.77. The Hall–Kier alpha value is -1.20. The van der Waals surface area contributed by atoms with Gasteiger partial charge in [0.2, 0.25) is 0 Å². The Morgan fingerprint density at radius 3 is 2.17 bits per heavy atom. The van der Waals surface area contributed by atoms with Gasteiger partial charge in [-0.1, -0.05) is 17.6 Å². The SMILES string of the molecule is Oc1cccc([B-](F)(F)F)c1F. The van der Waals surface area contributed by atoms with Gasteiger partial charge >= 0.3 is 6.98 Å². The van der Waals surface area contributed by atoms with Crippen LogP contribution in [-0.2, 0) is 0 Å². The highest BCUT2D eigenvalue weighted by atomic mass is 19.4. The molecule has 12 heavy (non-hydrogen) atoms. The Kier molecular flexibility index (Phi) is 2.00. The monoisotopic (exact) mass is 179 g/mol. The molecule has 0 aliphatic rings. The van der Waals surface area contributed by atoms with Crippen molar-refractivity contribution in [1.82, 2.24) is 0 Å². The minimum Gasteiger partial charge on any atom is -0.505 e. The number of hydrogen-bond acceptors (Lipinski definition) is 1. The molecular formula is C6H4BF4O-. The molecule has 1 N–H and O–H groups in total. The average Bonchev–Trinajstić information content (AvgIpc) is 1.92. The molecular weight excluding hydrogens is 175 g/mol. The summed E-state index contributed by atoms with van der Waals surface area (Å²) in [7, 11) is 0. The maximum absolute atomic E-state index is 12.5. The molecule has 66 valence electrons. The van der Waals surface area contributed by atoms with Gasteiger partial charge in [-0.25, -0.2) is 4.39 Å². The molecule has 0 saturated heterocycles. The summed E-state index contributed by atoms with van der Waals surface area (Å²) in [5.74, 6) is -2.59. The molecule has 6 heteroatoms. The first-order chi connectivity index (χ1) is 5.43. The van der Waals surface area contributed by atoms with Crippen molar-refractivity contribution in [2.24, 2.45) is 0 Å². The van der Waals surface area contributed by atoms with Crippen molar-refractivity contribution >= 4 is 12.4 Å². The first-order valence-electron chi connectivity index (χ1n) is 3.10. The quantitative estimate of drug-likeness (QED) is 0.512. The Bertz CT molecular complexity index is 296. The third-order valence-electron chi connectivity index (χ3n) is 1.36. The number of aromatic hydroxyl groups is 1. The summed E-state index contributed by atoms with van der Waals surface area (Å²) >= 11 is 0. The predicted octanol–water partition coefficient (Wildman–Crippen LogP) is 1.59. The molecule has 0 amide bonds. The van der Waals surface area contributed by atoms with E-state index in [0.29, 0.717) is 6.07 Å². The number of benzene rings is 1. The molecule has 0 heterocycles. The number of hydrogen-bond donors (Lipinski definition) is 1. The standard InChI is InChI=1S/C6H4BF4O/c8-6-4(7(9,10)11)2-1-3-5(6)12/h1-3,12H/q-1. The minimum atomic E-state index is -5.38. The second-order valence-corrected chi connectivity index (χ2v) is 2.26. The van der Waals surface area contributed by atoms with Gasteiger partial charge in [0.25, 0.3) is 0 Å². The van der Waals surface area contributed by atoms with E-state index < -0.39 is 24.0 Å². The third kappa shape index (κ3) is 1.52. The summed E-state index contributed by atoms with van der Waals surface area (Å²) in [6.45, 7) is -5.38. The largest absolute Gasteiger partial charge is 0.512 e. The van der Waals surface area contributed by atoms with Gasteiger partial charge in [-0.15, -0.1) is 0 Å². The van der Waals surface area contributed by atoms with Crippen LogP contribution in [0.15, 0.2) is 18.2 Å². The molecule has 1 nitrogen and oxygen atoms in total. The fraction of sp³-hybridized carbons (Fsp3) is 0. The van der Waals surface area contributed by atoms with E-state index in [1.54, 1.807) is 0 Å². The zero-order chi connectivity index (χ0) is 9.35. The van der Waals surface area contributed by atoms with Gasteiger partial charge in [0.1, 0.15) is 11.6 Å². The second kappa shape index (κ2) is 2.69. The third-order valence-corrected chi connectivity index (χ3v) is 1.36. The number of halogens is 4. The summed E-state index contributed by atoms with van der Waals surface area (Å²) in [6, 6.07) is 2.40. The molecule has 0 aliphatic heterocycles. The van der Waals surface area contributed by atoms with Crippen LogP contribution in [0.25, 0.3) is 0 Å². The molecule has 0 aliphatic carbocycles. The molecule has 1 aromatic carbocycles. The predicted molar refractivity (Wildman–Crippen MR) is 36.8 cm³/mol. The van der Waals surface area contributed by atoms with E-state index in [1.807, 2.05) is 0 Å². The van der Waals surface area contributed by atoms with Crippen molar-refractivity contribution in [3.05, 3.63) is 24.0 Å². The lowest BCUT2D eigenvalue weighted by atomic mass is 9.79. The van der Waals surface area contributed by atoms with Crippen LogP contribution in [0.3, 0.4) is 0 Å². The highest BCUT2D eigenvalue weighted by Gasteiger charge is 2.29. The van der Waals surface area contributed by atoms with Gasteiger partial charge in [0.15, 0.2) is 0 Å². The van der Waals surface area contributed by atoms with Crippen LogP contribution in [0.5, 0.6) is 5.75 Å². The van der Waals surface area contributed by atoms with Crippen molar-refractivity contribution in [3.63, 3.8) is 0 Å². The topological polar surface area (TPSA) is 20.2 Å². The van der Waals surface area contributed by atoms with Crippen LogP contribution < -0.4 is 5.46 Å². The Morgan fingerprint density at radius 1 is 1.17 bits per heavy atom. The molecule has 1 aromatic rings. The highest BCUT2D eigenvalue weighted by Crippen LogP contribution is 2.17. The fourth-order valence-electron chi connectivity index (χ4n) is 0.790. The molecule has 1 rings (SSSR count). The summed E-state index contributed by atoms with van der Waals surface area (Å²) in [4.78, 5) is 0. The van der Waals surface area contributed by atoms with Gasteiger partial charge < -0.3 is 18.1 Å². The first kappa shape index (κ1) is 8.90. The molecule has 0 unspecified atom stereocenters. The van der Waals surface area contributed by atoms with E-state index in [4.69, 9.17) is 5.11 Å². The maximum atomic E-state index is 12.5. The maximum Gasteiger partial charge on any atom is 0.512 e. The molecule has 0 bridgehead atoms. The van der Waals surface area contributed by atoms with Crippen molar-refractivity contribution < 1.29 is 22.4 Å². The second-order valence-electron chi connectivity index (χ2n) is 2.26. The van der Waals surface area contributed by atoms with E-state index in [0.717, 1.165) is 12.1 Å². The van der Waals surface area contributed by atoms with Crippen molar-refractivity contribution in [2.45, 2.75) is 0 Å². The smallest absolute Gasteiger partial charge is 0.505 e. The average molecular weight is 179 g/mol. The van der Waals surface area contributed by atoms with Crippen molar-refractivity contribution in [3.8, 4) is 5.75 Å². The summed E-state index contributed by atoms with van der Waals surface area (Å²) < 4.78 is 48.4. The van der Waals surface area contributed by atoms with E-state index in [9.17, 15) is 17.3 Å². The van der Waals surface area contributed by atoms with Gasteiger partial charge in [0.05, 0.1) is 0 Å². The van der Waals surface area contributed by atoms with Crippen LogP contribution in [0.2, 0.25) is 0 Å². The van der Waals surface area contributed by atoms with E-state index in [-0.39, 0.29) is 0 Å². The van der Waals surface area contributed by atoms with E-state index >= 15 is 0 Å². The highest BCUT2D eigenvalue weighted by molar-refractivity contribution is 6.73. The van der Waals surface area contributed by atoms with E-state index in [1.165, 1.54) is 0 Å². The van der Waals surface area contributed by atoms with Crippen molar-refractivity contribution in [2.75, 3.05) is 0 Å². The summed E-state index contributed by atoms with van der Waals surface area (Å²) in [6.07, 6.45) is 0. The molecule has 0 radical (unpaired) electrons.